The molecule has 0 aliphatic carbocycles. The van der Waals surface area contributed by atoms with E-state index in [1.807, 2.05) is 0 Å². The molecule has 0 radical (unpaired) electrons. The Labute approximate surface area is 362 Å². The lowest BCUT2D eigenvalue weighted by atomic mass is 9.87. The van der Waals surface area contributed by atoms with Crippen LogP contribution in [-0.4, -0.2) is 123 Å². The number of aliphatic hydroxyl groups excluding tert-OH is 2. The average molecular weight is 973 g/mol. The first-order chi connectivity index (χ1) is 27.6. The zero-order valence-corrected chi connectivity index (χ0v) is 38.4. The summed E-state index contributed by atoms with van der Waals surface area (Å²) in [5.41, 5.74) is 4.28. The van der Waals surface area contributed by atoms with Gasteiger partial charge in [0.1, 0.15) is 36.3 Å². The first-order valence-corrected chi connectivity index (χ1v) is 24.1. The number of thioether (sulfide) groups is 1. The van der Waals surface area contributed by atoms with E-state index in [2.05, 4.69) is 41.3 Å². The molecule has 1 saturated heterocycles. The number of carbonyl (C=O) groups is 3. The molecular formula is C31H63N10O17P3S. The number of anilines is 1. The SMILES string of the molecule is CCCCCCCCCC(=O)SCCNC(=O)CCNC(=O)[C@H](O)C(C)(C)COP(=O)(O)OP(=O)(O)OC[C@H]1O[C@@H](n2cnc3c(N)ncnc32)C(O)[C@H]1OP(=O)(O)O.N.N.N. The lowest BCUT2D eigenvalue weighted by molar-refractivity contribution is -0.137. The van der Waals surface area contributed by atoms with E-state index in [4.69, 9.17) is 19.5 Å². The maximum absolute atomic E-state index is 12.7. The fourth-order valence-electron chi connectivity index (χ4n) is 5.59. The molecule has 2 aromatic heterocycles. The molecule has 31 heteroatoms. The Morgan fingerprint density at radius 1 is 0.935 bits per heavy atom. The van der Waals surface area contributed by atoms with Crippen LogP contribution in [0.25, 0.3) is 11.2 Å². The number of unbranched alkanes of at least 4 members (excludes halogenated alkanes) is 6. The molecule has 7 atom stereocenters. The monoisotopic (exact) mass is 972 g/mol. The molecule has 1 aliphatic rings. The second-order valence-corrected chi connectivity index (χ2v) is 19.5. The van der Waals surface area contributed by atoms with Crippen molar-refractivity contribution in [3.8, 4) is 0 Å². The van der Waals surface area contributed by atoms with E-state index in [0.29, 0.717) is 12.2 Å². The minimum Gasteiger partial charge on any atom is -0.386 e. The van der Waals surface area contributed by atoms with Gasteiger partial charge in [-0.2, -0.15) is 4.31 Å². The van der Waals surface area contributed by atoms with Gasteiger partial charge in [-0.3, -0.25) is 32.5 Å². The van der Waals surface area contributed by atoms with E-state index in [1.165, 1.54) is 39.5 Å². The maximum Gasteiger partial charge on any atom is 0.481 e. The van der Waals surface area contributed by atoms with Crippen LogP contribution in [0.2, 0.25) is 0 Å². The molecule has 1 fully saturated rings. The third-order valence-electron chi connectivity index (χ3n) is 8.75. The topological polar surface area (TPSA) is 469 Å². The lowest BCUT2D eigenvalue weighted by Gasteiger charge is -2.30. The molecule has 3 heterocycles. The first-order valence-electron chi connectivity index (χ1n) is 18.6. The highest BCUT2D eigenvalue weighted by atomic mass is 32.2. The molecule has 27 nitrogen and oxygen atoms in total. The number of ether oxygens (including phenoxy) is 1. The summed E-state index contributed by atoms with van der Waals surface area (Å²) in [5.74, 6) is -1.03. The van der Waals surface area contributed by atoms with E-state index in [0.717, 1.165) is 48.2 Å². The summed E-state index contributed by atoms with van der Waals surface area (Å²) in [6.07, 6.45) is 1.35. The van der Waals surface area contributed by atoms with Crippen LogP contribution in [0.5, 0.6) is 0 Å². The number of imidazole rings is 1. The Bertz CT molecular complexity index is 1860. The lowest BCUT2D eigenvalue weighted by Crippen LogP contribution is -2.46. The first kappa shape index (κ1) is 59.4. The van der Waals surface area contributed by atoms with Gasteiger partial charge in [0, 0.05) is 37.1 Å². The number of amides is 2. The summed E-state index contributed by atoms with van der Waals surface area (Å²) >= 11 is 1.14. The van der Waals surface area contributed by atoms with Gasteiger partial charge in [-0.05, 0) is 6.42 Å². The Kier molecular flexibility index (Phi) is 25.9. The number of nitrogen functional groups attached to an aromatic ring is 1. The molecule has 19 N–H and O–H groups in total. The van der Waals surface area contributed by atoms with Gasteiger partial charge in [-0.1, -0.05) is 71.1 Å². The van der Waals surface area contributed by atoms with Crippen molar-refractivity contribution in [1.29, 1.82) is 0 Å². The van der Waals surface area contributed by atoms with Crippen LogP contribution >= 0.6 is 35.2 Å². The van der Waals surface area contributed by atoms with Gasteiger partial charge in [0.25, 0.3) is 0 Å². The van der Waals surface area contributed by atoms with Crippen LogP contribution in [-0.2, 0) is 50.7 Å². The summed E-state index contributed by atoms with van der Waals surface area (Å²) < 4.78 is 62.2. The Morgan fingerprint density at radius 2 is 1.56 bits per heavy atom. The molecule has 3 rings (SSSR count). The van der Waals surface area contributed by atoms with Crippen LogP contribution in [0.3, 0.4) is 0 Å². The molecule has 2 amide bonds. The number of aliphatic hydroxyl groups is 2. The number of fused-ring (bicyclic) bond motifs is 1. The molecule has 0 bridgehead atoms. The number of nitrogens with zero attached hydrogens (tertiary/aromatic N) is 4. The van der Waals surface area contributed by atoms with Crippen LogP contribution in [0, 0.1) is 5.41 Å². The van der Waals surface area contributed by atoms with Gasteiger partial charge in [-0.25, -0.2) is 28.6 Å². The molecule has 2 aromatic rings. The fraction of sp³-hybridized carbons (Fsp3) is 0.742. The van der Waals surface area contributed by atoms with E-state index < -0.39 is 84.6 Å². The fourth-order valence-corrected chi connectivity index (χ4v) is 9.14. The van der Waals surface area contributed by atoms with Gasteiger partial charge < -0.3 is 69.3 Å². The van der Waals surface area contributed by atoms with Gasteiger partial charge in [-0.15, -0.1) is 0 Å². The Balaban J connectivity index is 0.0000124. The standard InChI is InChI=1S/C31H54N7O17P3S.3H3N/c1-4-5-6-7-8-9-10-11-22(40)59-15-14-33-21(39)12-13-34-29(43)26(42)31(2,3)17-52-58(49,50)55-57(47,48)51-16-20-25(54-56(44,45)46)24(41)30(53-20)38-19-37-23-27(32)35-18-36-28(23)38;;;/h18-20,24-26,30,41-42H,4-17H2,1-3H3,(H,33,39)(H,34,43)(H,47,48)(H,49,50)(H2,32,35,36)(H2,44,45,46);3*1H3/t20-,24?,25+,26+,30-;;;/m1.../s1. The van der Waals surface area contributed by atoms with Crippen molar-refractivity contribution < 1.29 is 80.5 Å². The van der Waals surface area contributed by atoms with Crippen molar-refractivity contribution in [2.45, 2.75) is 109 Å². The van der Waals surface area contributed by atoms with E-state index in [-0.39, 0.29) is 60.1 Å². The van der Waals surface area contributed by atoms with Crippen molar-refractivity contribution in [3.05, 3.63) is 12.7 Å². The number of nitrogens with one attached hydrogen (secondary N) is 2. The van der Waals surface area contributed by atoms with E-state index >= 15 is 0 Å². The van der Waals surface area contributed by atoms with Gasteiger partial charge in [0.2, 0.25) is 11.8 Å². The predicted molar refractivity (Wildman–Crippen MR) is 225 cm³/mol. The number of hydrogen-bond donors (Lipinski definition) is 12. The minimum absolute atomic E-state index is 0. The van der Waals surface area contributed by atoms with Crippen molar-refractivity contribution in [2.24, 2.45) is 5.41 Å². The zero-order chi connectivity index (χ0) is 44.0. The summed E-state index contributed by atoms with van der Waals surface area (Å²) in [6, 6.07) is 0. The number of aromatic nitrogens is 4. The largest absolute Gasteiger partial charge is 0.481 e. The van der Waals surface area contributed by atoms with Gasteiger partial charge >= 0.3 is 23.5 Å². The summed E-state index contributed by atoms with van der Waals surface area (Å²) in [5, 5.41) is 26.5. The van der Waals surface area contributed by atoms with E-state index in [9.17, 15) is 57.9 Å². The quantitative estimate of drug-likeness (QED) is 0.0451. The maximum atomic E-state index is 12.7. The third-order valence-corrected chi connectivity index (χ3v) is 12.8. The van der Waals surface area contributed by atoms with Crippen molar-refractivity contribution in [2.75, 3.05) is 37.8 Å². The molecule has 0 aromatic carbocycles. The number of phosphoric ester groups is 3. The van der Waals surface area contributed by atoms with Crippen molar-refractivity contribution in [3.63, 3.8) is 0 Å². The predicted octanol–water partition coefficient (Wildman–Crippen LogP) is 2.29. The number of rotatable bonds is 27. The van der Waals surface area contributed by atoms with Crippen LogP contribution in [0.4, 0.5) is 5.82 Å². The third kappa shape index (κ3) is 19.7. The minimum atomic E-state index is -5.57. The molecule has 0 saturated carbocycles. The summed E-state index contributed by atoms with van der Waals surface area (Å²) in [7, 11) is -16.4. The molecular weight excluding hydrogens is 909 g/mol. The second kappa shape index (κ2) is 27.0. The molecule has 0 spiro atoms. The van der Waals surface area contributed by atoms with Gasteiger partial charge in [0.05, 0.1) is 19.5 Å². The number of carbonyl (C=O) groups excluding carboxylic acids is 3. The summed E-state index contributed by atoms with van der Waals surface area (Å²) in [4.78, 5) is 87.8. The van der Waals surface area contributed by atoms with E-state index in [1.54, 1.807) is 0 Å². The molecule has 62 heavy (non-hydrogen) atoms. The molecule has 1 aliphatic heterocycles. The van der Waals surface area contributed by atoms with Crippen molar-refractivity contribution in [1.82, 2.24) is 48.6 Å². The Morgan fingerprint density at radius 3 is 2.21 bits per heavy atom. The highest BCUT2D eigenvalue weighted by molar-refractivity contribution is 8.13. The number of phosphoric acid groups is 3. The molecule has 360 valence electrons. The highest BCUT2D eigenvalue weighted by Gasteiger charge is 2.50. The highest BCUT2D eigenvalue weighted by Crippen LogP contribution is 2.61. The zero-order valence-electron chi connectivity index (χ0n) is 34.9. The van der Waals surface area contributed by atoms with Crippen LogP contribution < -0.4 is 34.8 Å². The van der Waals surface area contributed by atoms with Crippen LogP contribution in [0.1, 0.15) is 84.8 Å². The average Bonchev–Trinajstić information content (AvgIpc) is 3.71. The van der Waals surface area contributed by atoms with Crippen LogP contribution in [0.15, 0.2) is 12.7 Å². The van der Waals surface area contributed by atoms with Gasteiger partial charge in [0.15, 0.2) is 22.8 Å². The summed E-state index contributed by atoms with van der Waals surface area (Å²) in [6.45, 7) is 2.73. The van der Waals surface area contributed by atoms with Crippen molar-refractivity contribution >= 4 is 69.1 Å². The Hall–Kier alpha value is -2.56. The number of nitrogens with two attached hydrogens (primary N) is 1. The molecule has 3 unspecified atom stereocenters. The smallest absolute Gasteiger partial charge is 0.386 e. The second-order valence-electron chi connectivity index (χ2n) is 14.2. The normalized spacial score (nSPS) is 20.1. The number of hydrogen-bond acceptors (Lipinski definition) is 21.